The van der Waals surface area contributed by atoms with Gasteiger partial charge in [-0.1, -0.05) is 0 Å². The Kier molecular flexibility index (Phi) is 3.63. The second-order valence-electron chi connectivity index (χ2n) is 3.97. The standard InChI is InChI=1S/C11H18N4O2/c1-3-17-11-9(12)10(13-7-14-11)15-4-5-16-6-8(15)2/h7-8H,3-6,12H2,1-2H3. The van der Waals surface area contributed by atoms with Crippen LogP contribution in [0.2, 0.25) is 0 Å². The summed E-state index contributed by atoms with van der Waals surface area (Å²) >= 11 is 0. The van der Waals surface area contributed by atoms with Crippen LogP contribution in [0.3, 0.4) is 0 Å². The van der Waals surface area contributed by atoms with Crippen molar-refractivity contribution in [1.29, 1.82) is 0 Å². The smallest absolute Gasteiger partial charge is 0.242 e. The van der Waals surface area contributed by atoms with E-state index in [1.54, 1.807) is 0 Å². The summed E-state index contributed by atoms with van der Waals surface area (Å²) in [7, 11) is 0. The Balaban J connectivity index is 2.27. The van der Waals surface area contributed by atoms with Crippen molar-refractivity contribution in [2.24, 2.45) is 0 Å². The minimum Gasteiger partial charge on any atom is -0.476 e. The van der Waals surface area contributed by atoms with Crippen LogP contribution in [0, 0.1) is 0 Å². The Morgan fingerprint density at radius 3 is 3.12 bits per heavy atom. The molecule has 94 valence electrons. The molecule has 0 saturated carbocycles. The normalized spacial score (nSPS) is 20.4. The molecular formula is C11H18N4O2. The summed E-state index contributed by atoms with van der Waals surface area (Å²) < 4.78 is 10.8. The molecule has 1 aromatic heterocycles. The topological polar surface area (TPSA) is 73.5 Å². The molecule has 17 heavy (non-hydrogen) atoms. The molecule has 0 bridgehead atoms. The van der Waals surface area contributed by atoms with Crippen molar-refractivity contribution in [3.63, 3.8) is 0 Å². The van der Waals surface area contributed by atoms with E-state index in [-0.39, 0.29) is 6.04 Å². The molecule has 2 heterocycles. The molecule has 0 aliphatic carbocycles. The highest BCUT2D eigenvalue weighted by Gasteiger charge is 2.23. The number of anilines is 2. The zero-order valence-corrected chi connectivity index (χ0v) is 10.2. The molecule has 0 amide bonds. The molecule has 2 rings (SSSR count). The van der Waals surface area contributed by atoms with Gasteiger partial charge in [-0.3, -0.25) is 0 Å². The van der Waals surface area contributed by atoms with Gasteiger partial charge in [-0.25, -0.2) is 4.98 Å². The average Bonchev–Trinajstić information content (AvgIpc) is 2.33. The van der Waals surface area contributed by atoms with Gasteiger partial charge in [-0.2, -0.15) is 4.98 Å². The SMILES string of the molecule is CCOc1ncnc(N2CCOCC2C)c1N. The number of ether oxygens (including phenoxy) is 2. The fourth-order valence-corrected chi connectivity index (χ4v) is 1.89. The first-order valence-corrected chi connectivity index (χ1v) is 5.81. The predicted molar refractivity (Wildman–Crippen MR) is 65.2 cm³/mol. The van der Waals surface area contributed by atoms with Crippen molar-refractivity contribution in [1.82, 2.24) is 9.97 Å². The molecule has 1 atom stereocenters. The van der Waals surface area contributed by atoms with Gasteiger partial charge in [0.1, 0.15) is 12.0 Å². The van der Waals surface area contributed by atoms with E-state index in [9.17, 15) is 0 Å². The third-order valence-corrected chi connectivity index (χ3v) is 2.75. The molecule has 1 fully saturated rings. The summed E-state index contributed by atoms with van der Waals surface area (Å²) in [4.78, 5) is 10.4. The van der Waals surface area contributed by atoms with Crippen molar-refractivity contribution in [3.05, 3.63) is 6.33 Å². The number of nitrogen functional groups attached to an aromatic ring is 1. The van der Waals surface area contributed by atoms with Crippen molar-refractivity contribution < 1.29 is 9.47 Å². The number of nitrogens with zero attached hydrogens (tertiary/aromatic N) is 3. The van der Waals surface area contributed by atoms with E-state index in [0.29, 0.717) is 31.4 Å². The van der Waals surface area contributed by atoms with Crippen LogP contribution in [0.15, 0.2) is 6.33 Å². The van der Waals surface area contributed by atoms with Crippen LogP contribution in [0.25, 0.3) is 0 Å². The summed E-state index contributed by atoms with van der Waals surface area (Å²) in [5, 5.41) is 0. The number of morpholine rings is 1. The first-order chi connectivity index (χ1) is 8.24. The summed E-state index contributed by atoms with van der Waals surface area (Å²) in [5.41, 5.74) is 6.53. The fourth-order valence-electron chi connectivity index (χ4n) is 1.89. The number of aromatic nitrogens is 2. The fraction of sp³-hybridized carbons (Fsp3) is 0.636. The molecule has 6 heteroatoms. The summed E-state index contributed by atoms with van der Waals surface area (Å²) in [6.07, 6.45) is 1.48. The number of hydrogen-bond acceptors (Lipinski definition) is 6. The quantitative estimate of drug-likeness (QED) is 0.835. The lowest BCUT2D eigenvalue weighted by Gasteiger charge is -2.34. The van der Waals surface area contributed by atoms with Crippen LogP contribution in [0.4, 0.5) is 11.5 Å². The minimum absolute atomic E-state index is 0.260. The van der Waals surface area contributed by atoms with Crippen LogP contribution in [0.5, 0.6) is 5.88 Å². The van der Waals surface area contributed by atoms with Gasteiger partial charge in [-0.05, 0) is 13.8 Å². The maximum absolute atomic E-state index is 6.03. The van der Waals surface area contributed by atoms with E-state index < -0.39 is 0 Å². The van der Waals surface area contributed by atoms with Gasteiger partial charge in [-0.15, -0.1) is 0 Å². The zero-order valence-electron chi connectivity index (χ0n) is 10.2. The second-order valence-corrected chi connectivity index (χ2v) is 3.97. The van der Waals surface area contributed by atoms with Gasteiger partial charge in [0, 0.05) is 6.54 Å². The molecule has 2 N–H and O–H groups in total. The Morgan fingerprint density at radius 2 is 2.41 bits per heavy atom. The van der Waals surface area contributed by atoms with E-state index in [1.165, 1.54) is 6.33 Å². The zero-order chi connectivity index (χ0) is 12.3. The van der Waals surface area contributed by atoms with Crippen LogP contribution < -0.4 is 15.4 Å². The van der Waals surface area contributed by atoms with E-state index in [2.05, 4.69) is 21.8 Å². The third kappa shape index (κ3) is 2.41. The molecule has 0 aromatic carbocycles. The van der Waals surface area contributed by atoms with E-state index in [1.807, 2.05) is 6.92 Å². The Morgan fingerprint density at radius 1 is 1.59 bits per heavy atom. The lowest BCUT2D eigenvalue weighted by atomic mass is 10.2. The van der Waals surface area contributed by atoms with Crippen molar-refractivity contribution in [3.8, 4) is 5.88 Å². The molecular weight excluding hydrogens is 220 g/mol. The summed E-state index contributed by atoms with van der Waals surface area (Å²) in [6.45, 7) is 6.69. The van der Waals surface area contributed by atoms with Gasteiger partial charge < -0.3 is 20.1 Å². The molecule has 0 spiro atoms. The lowest BCUT2D eigenvalue weighted by molar-refractivity contribution is 0.0985. The van der Waals surface area contributed by atoms with Gasteiger partial charge in [0.05, 0.1) is 25.9 Å². The van der Waals surface area contributed by atoms with Gasteiger partial charge in [0.25, 0.3) is 0 Å². The van der Waals surface area contributed by atoms with Gasteiger partial charge >= 0.3 is 0 Å². The summed E-state index contributed by atoms with van der Waals surface area (Å²) in [5.74, 6) is 1.19. The van der Waals surface area contributed by atoms with E-state index in [0.717, 1.165) is 12.4 Å². The Hall–Kier alpha value is -1.56. The molecule has 1 unspecified atom stereocenters. The molecule has 0 radical (unpaired) electrons. The summed E-state index contributed by atoms with van der Waals surface area (Å²) in [6, 6.07) is 0.260. The molecule has 1 aliphatic rings. The lowest BCUT2D eigenvalue weighted by Crippen LogP contribution is -2.44. The van der Waals surface area contributed by atoms with E-state index in [4.69, 9.17) is 15.2 Å². The highest BCUT2D eigenvalue weighted by molar-refractivity contribution is 5.68. The highest BCUT2D eigenvalue weighted by Crippen LogP contribution is 2.29. The van der Waals surface area contributed by atoms with Crippen molar-refractivity contribution in [2.75, 3.05) is 37.0 Å². The van der Waals surface area contributed by atoms with Crippen LogP contribution in [-0.2, 0) is 4.74 Å². The number of hydrogen-bond donors (Lipinski definition) is 1. The van der Waals surface area contributed by atoms with E-state index >= 15 is 0 Å². The van der Waals surface area contributed by atoms with Crippen LogP contribution >= 0.6 is 0 Å². The van der Waals surface area contributed by atoms with Gasteiger partial charge in [0.15, 0.2) is 5.82 Å². The van der Waals surface area contributed by atoms with Gasteiger partial charge in [0.2, 0.25) is 5.88 Å². The second kappa shape index (κ2) is 5.18. The minimum atomic E-state index is 0.260. The Bertz CT molecular complexity index is 386. The number of rotatable bonds is 3. The maximum Gasteiger partial charge on any atom is 0.242 e. The van der Waals surface area contributed by atoms with Crippen molar-refractivity contribution in [2.45, 2.75) is 19.9 Å². The monoisotopic (exact) mass is 238 g/mol. The maximum atomic E-state index is 6.03. The van der Waals surface area contributed by atoms with Crippen LogP contribution in [-0.4, -0.2) is 42.4 Å². The van der Waals surface area contributed by atoms with Crippen molar-refractivity contribution >= 4 is 11.5 Å². The molecule has 1 aromatic rings. The highest BCUT2D eigenvalue weighted by atomic mass is 16.5. The Labute approximate surface area is 101 Å². The first kappa shape index (κ1) is 11.9. The third-order valence-electron chi connectivity index (χ3n) is 2.75. The molecule has 1 aliphatic heterocycles. The molecule has 1 saturated heterocycles. The first-order valence-electron chi connectivity index (χ1n) is 5.81. The average molecular weight is 238 g/mol. The van der Waals surface area contributed by atoms with Crippen LogP contribution in [0.1, 0.15) is 13.8 Å². The predicted octanol–water partition coefficient (Wildman–Crippen LogP) is 0.683. The largest absolute Gasteiger partial charge is 0.476 e. The molecule has 6 nitrogen and oxygen atoms in total. The number of nitrogens with two attached hydrogens (primary N) is 1.